The Morgan fingerprint density at radius 1 is 0.906 bits per heavy atom. The van der Waals surface area contributed by atoms with E-state index in [4.69, 9.17) is 19.4 Å². The van der Waals surface area contributed by atoms with Crippen LogP contribution in [0.5, 0.6) is 11.5 Å². The summed E-state index contributed by atoms with van der Waals surface area (Å²) in [6.45, 7) is 0.823. The number of methoxy groups -OCH3 is 2. The molecule has 0 atom stereocenters. The summed E-state index contributed by atoms with van der Waals surface area (Å²) in [5.74, 6) is 3.20. The van der Waals surface area contributed by atoms with Crippen LogP contribution in [-0.2, 0) is 6.54 Å². The number of anilines is 2. The van der Waals surface area contributed by atoms with Crippen LogP contribution in [0.25, 0.3) is 10.9 Å². The van der Waals surface area contributed by atoms with Crippen LogP contribution < -0.4 is 25.0 Å². The van der Waals surface area contributed by atoms with Crippen LogP contribution in [-0.4, -0.2) is 50.4 Å². The van der Waals surface area contributed by atoms with Crippen LogP contribution >= 0.6 is 0 Å². The molecular weight excluding hydrogens is 402 g/mol. The van der Waals surface area contributed by atoms with E-state index in [0.717, 1.165) is 60.4 Å². The van der Waals surface area contributed by atoms with Gasteiger partial charge in [-0.25, -0.2) is 4.98 Å². The molecule has 0 amide bonds. The van der Waals surface area contributed by atoms with Crippen molar-refractivity contribution in [2.75, 3.05) is 38.5 Å². The van der Waals surface area contributed by atoms with E-state index >= 15 is 0 Å². The monoisotopic (exact) mass is 435 g/mol. The minimum Gasteiger partial charge on any atom is -0.493 e. The molecule has 7 nitrogen and oxygen atoms in total. The van der Waals surface area contributed by atoms with Gasteiger partial charge in [-0.15, -0.1) is 0 Å². The second-order valence-electron chi connectivity index (χ2n) is 8.55. The third-order valence-corrected chi connectivity index (χ3v) is 6.11. The number of hydrogen-bond acceptors (Lipinski definition) is 7. The van der Waals surface area contributed by atoms with Crippen LogP contribution in [0.2, 0.25) is 0 Å². The van der Waals surface area contributed by atoms with E-state index in [0.29, 0.717) is 18.0 Å². The maximum Gasteiger partial charge on any atom is 0.225 e. The number of aromatic nitrogens is 2. The maximum atomic E-state index is 5.41. The smallest absolute Gasteiger partial charge is 0.225 e. The maximum absolute atomic E-state index is 5.41. The van der Waals surface area contributed by atoms with Gasteiger partial charge in [0.25, 0.3) is 0 Å². The lowest BCUT2D eigenvalue weighted by atomic mass is 9.91. The third kappa shape index (κ3) is 5.05. The molecule has 1 saturated carbocycles. The molecule has 4 rings (SSSR count). The summed E-state index contributed by atoms with van der Waals surface area (Å²) in [7, 11) is 7.37. The van der Waals surface area contributed by atoms with Crippen molar-refractivity contribution in [2.24, 2.45) is 0 Å². The average molecular weight is 436 g/mol. The number of benzene rings is 2. The molecule has 2 aromatic carbocycles. The van der Waals surface area contributed by atoms with Crippen LogP contribution in [0.3, 0.4) is 0 Å². The van der Waals surface area contributed by atoms with E-state index < -0.39 is 0 Å². The zero-order chi connectivity index (χ0) is 22.5. The van der Waals surface area contributed by atoms with E-state index in [9.17, 15) is 0 Å². The Kier molecular flexibility index (Phi) is 6.95. The summed E-state index contributed by atoms with van der Waals surface area (Å²) < 4.78 is 10.7. The Balaban J connectivity index is 1.33. The Labute approximate surface area is 190 Å². The summed E-state index contributed by atoms with van der Waals surface area (Å²) in [6, 6.07) is 15.2. The summed E-state index contributed by atoms with van der Waals surface area (Å²) >= 11 is 0. The molecule has 0 radical (unpaired) electrons. The molecule has 1 heterocycles. The molecule has 32 heavy (non-hydrogen) atoms. The van der Waals surface area contributed by atoms with E-state index in [1.54, 1.807) is 14.2 Å². The van der Waals surface area contributed by atoms with Gasteiger partial charge < -0.3 is 25.0 Å². The third-order valence-electron chi connectivity index (χ3n) is 6.11. The lowest BCUT2D eigenvalue weighted by Gasteiger charge is -2.30. The molecule has 0 aliphatic heterocycles. The van der Waals surface area contributed by atoms with E-state index in [1.165, 1.54) is 5.56 Å². The van der Waals surface area contributed by atoms with E-state index in [2.05, 4.69) is 22.8 Å². The molecule has 0 saturated heterocycles. The van der Waals surface area contributed by atoms with Crippen molar-refractivity contribution >= 4 is 22.7 Å². The zero-order valence-corrected chi connectivity index (χ0v) is 19.4. The highest BCUT2D eigenvalue weighted by atomic mass is 16.5. The fourth-order valence-corrected chi connectivity index (χ4v) is 4.34. The molecule has 0 bridgehead atoms. The number of hydrogen-bond donors (Lipinski definition) is 2. The van der Waals surface area contributed by atoms with Gasteiger partial charge in [-0.1, -0.05) is 18.2 Å². The Morgan fingerprint density at radius 2 is 1.62 bits per heavy atom. The highest BCUT2D eigenvalue weighted by Crippen LogP contribution is 2.29. The van der Waals surface area contributed by atoms with Gasteiger partial charge in [-0.3, -0.25) is 0 Å². The highest BCUT2D eigenvalue weighted by Gasteiger charge is 2.22. The largest absolute Gasteiger partial charge is 0.493 e. The number of nitrogens with one attached hydrogen (secondary N) is 2. The first-order chi connectivity index (χ1) is 15.6. The number of fused-ring (bicyclic) bond motifs is 1. The van der Waals surface area contributed by atoms with Crippen LogP contribution in [0.15, 0.2) is 42.5 Å². The van der Waals surface area contributed by atoms with Crippen molar-refractivity contribution in [2.45, 2.75) is 44.3 Å². The van der Waals surface area contributed by atoms with Gasteiger partial charge in [-0.05, 0) is 55.5 Å². The topological polar surface area (TPSA) is 71.5 Å². The SMILES string of the molecule is COc1ccc(CN[C@H]2CC[C@@H](Nc3nc(N(C)C)c4ccccc4n3)CC2)cc1OC. The standard InChI is InChI=1S/C25H33N5O2/c1-30(2)24-20-7-5-6-8-21(20)28-25(29-24)27-19-12-10-18(11-13-19)26-16-17-9-14-22(31-3)23(15-17)32-4/h5-9,14-15,18-19,26H,10-13,16H2,1-4H3,(H,27,28,29)/t18-,19+. The van der Waals surface area contributed by atoms with Gasteiger partial charge in [0.05, 0.1) is 19.7 Å². The minimum atomic E-state index is 0.394. The molecule has 1 fully saturated rings. The van der Waals surface area contributed by atoms with Crippen molar-refractivity contribution in [3.05, 3.63) is 48.0 Å². The molecule has 1 aliphatic carbocycles. The van der Waals surface area contributed by atoms with E-state index in [-0.39, 0.29) is 0 Å². The van der Waals surface area contributed by atoms with Gasteiger partial charge in [0.1, 0.15) is 5.82 Å². The molecule has 2 N–H and O–H groups in total. The first-order valence-electron chi connectivity index (χ1n) is 11.2. The predicted molar refractivity (Wildman–Crippen MR) is 130 cm³/mol. The predicted octanol–water partition coefficient (Wildman–Crippen LogP) is 4.23. The fourth-order valence-electron chi connectivity index (χ4n) is 4.34. The first kappa shape index (κ1) is 22.1. The molecule has 7 heteroatoms. The van der Waals surface area contributed by atoms with Gasteiger partial charge in [-0.2, -0.15) is 4.98 Å². The Bertz CT molecular complexity index is 1050. The molecule has 0 spiro atoms. The van der Waals surface area contributed by atoms with Crippen LogP contribution in [0.4, 0.5) is 11.8 Å². The summed E-state index contributed by atoms with van der Waals surface area (Å²) in [5.41, 5.74) is 2.17. The molecule has 1 aliphatic rings. The summed E-state index contributed by atoms with van der Waals surface area (Å²) in [5, 5.41) is 8.36. The lowest BCUT2D eigenvalue weighted by Crippen LogP contribution is -2.37. The fraction of sp³-hybridized carbons (Fsp3) is 0.440. The van der Waals surface area contributed by atoms with Crippen LogP contribution in [0, 0.1) is 0 Å². The van der Waals surface area contributed by atoms with E-state index in [1.807, 2.05) is 49.3 Å². The van der Waals surface area contributed by atoms with Crippen molar-refractivity contribution in [1.29, 1.82) is 0 Å². The van der Waals surface area contributed by atoms with Gasteiger partial charge in [0.15, 0.2) is 11.5 Å². The number of para-hydroxylation sites is 1. The molecule has 3 aromatic rings. The van der Waals surface area contributed by atoms with Crippen molar-refractivity contribution in [1.82, 2.24) is 15.3 Å². The molecule has 0 unspecified atom stereocenters. The van der Waals surface area contributed by atoms with Gasteiger partial charge in [0, 0.05) is 38.1 Å². The molecule has 1 aromatic heterocycles. The summed E-state index contributed by atoms with van der Waals surface area (Å²) in [6.07, 6.45) is 4.44. The Hall–Kier alpha value is -3.06. The molecular formula is C25H33N5O2. The van der Waals surface area contributed by atoms with Gasteiger partial charge in [0.2, 0.25) is 5.95 Å². The average Bonchev–Trinajstić information content (AvgIpc) is 2.82. The number of nitrogens with zero attached hydrogens (tertiary/aromatic N) is 3. The zero-order valence-electron chi connectivity index (χ0n) is 19.4. The van der Waals surface area contributed by atoms with Crippen molar-refractivity contribution < 1.29 is 9.47 Å². The minimum absolute atomic E-state index is 0.394. The number of ether oxygens (including phenoxy) is 2. The van der Waals surface area contributed by atoms with Crippen molar-refractivity contribution in [3.63, 3.8) is 0 Å². The second kappa shape index (κ2) is 10.0. The lowest BCUT2D eigenvalue weighted by molar-refractivity contribution is 0.348. The second-order valence-corrected chi connectivity index (χ2v) is 8.55. The highest BCUT2D eigenvalue weighted by molar-refractivity contribution is 5.90. The van der Waals surface area contributed by atoms with Crippen molar-refractivity contribution in [3.8, 4) is 11.5 Å². The Morgan fingerprint density at radius 3 is 2.34 bits per heavy atom. The van der Waals surface area contributed by atoms with Crippen LogP contribution in [0.1, 0.15) is 31.2 Å². The summed E-state index contributed by atoms with van der Waals surface area (Å²) in [4.78, 5) is 11.6. The number of rotatable bonds is 8. The normalized spacial score (nSPS) is 18.4. The van der Waals surface area contributed by atoms with Gasteiger partial charge >= 0.3 is 0 Å². The first-order valence-corrected chi connectivity index (χ1v) is 11.2. The quantitative estimate of drug-likeness (QED) is 0.549. The molecule has 170 valence electrons.